The average molecular weight is 292 g/mol. The van der Waals surface area contributed by atoms with Gasteiger partial charge in [0.05, 0.1) is 8.80 Å². The Balaban J connectivity index is 1.64. The summed E-state index contributed by atoms with van der Waals surface area (Å²) in [6.45, 7) is 2.34. The quantitative estimate of drug-likeness (QED) is 0.675. The van der Waals surface area contributed by atoms with Crippen LogP contribution in [0.1, 0.15) is 5.56 Å². The maximum absolute atomic E-state index is 4.18. The highest BCUT2D eigenvalue weighted by Crippen LogP contribution is 2.19. The zero-order chi connectivity index (χ0) is 14.5. The van der Waals surface area contributed by atoms with Crippen molar-refractivity contribution < 1.29 is 0 Å². The third-order valence-electron chi connectivity index (χ3n) is 3.47. The molecule has 2 aromatic carbocycles. The molecule has 0 saturated carbocycles. The lowest BCUT2D eigenvalue weighted by Gasteiger charge is -2.10. The molecule has 0 amide bonds. The minimum absolute atomic E-state index is 0.481. The summed E-state index contributed by atoms with van der Waals surface area (Å²) in [5, 5.41) is 4.18. The van der Waals surface area contributed by atoms with Crippen LogP contribution in [0.4, 0.5) is 0 Å². The normalized spacial score (nSPS) is 11.0. The topological polar surface area (TPSA) is 30.7 Å². The molecule has 0 bridgehead atoms. The third kappa shape index (κ3) is 3.67. The Morgan fingerprint density at radius 2 is 1.67 bits per heavy atom. The van der Waals surface area contributed by atoms with E-state index in [2.05, 4.69) is 65.2 Å². The Kier molecular flexibility index (Phi) is 4.26. The van der Waals surface area contributed by atoms with Crippen LogP contribution in [0, 0.1) is 0 Å². The molecule has 0 atom stereocenters. The van der Waals surface area contributed by atoms with Gasteiger partial charge in [0.1, 0.15) is 12.7 Å². The summed E-state index contributed by atoms with van der Waals surface area (Å²) in [7, 11) is -0.481. The predicted octanol–water partition coefficient (Wildman–Crippen LogP) is 3.39. The summed E-state index contributed by atoms with van der Waals surface area (Å²) < 4.78 is 1.94. The van der Waals surface area contributed by atoms with Crippen molar-refractivity contribution >= 4 is 8.80 Å². The van der Waals surface area contributed by atoms with Crippen LogP contribution in [-0.4, -0.2) is 23.6 Å². The molecular weight excluding hydrogens is 274 g/mol. The Bertz CT molecular complexity index is 663. The van der Waals surface area contributed by atoms with E-state index < -0.39 is 8.80 Å². The molecule has 4 heteroatoms. The number of hydrogen-bond donors (Lipinski definition) is 0. The second-order valence-corrected chi connectivity index (χ2v) is 7.87. The van der Waals surface area contributed by atoms with Crippen LogP contribution in [0.25, 0.3) is 11.1 Å². The summed E-state index contributed by atoms with van der Waals surface area (Å²) in [5.41, 5.74) is 3.96. The van der Waals surface area contributed by atoms with Gasteiger partial charge in [0.2, 0.25) is 0 Å². The number of aromatic nitrogens is 3. The zero-order valence-corrected chi connectivity index (χ0v) is 13.1. The fourth-order valence-electron chi connectivity index (χ4n) is 2.44. The first-order chi connectivity index (χ1) is 10.3. The lowest BCUT2D eigenvalue weighted by atomic mass is 10.0. The van der Waals surface area contributed by atoms with Gasteiger partial charge < -0.3 is 0 Å². The third-order valence-corrected chi connectivity index (χ3v) is 5.34. The van der Waals surface area contributed by atoms with E-state index in [1.165, 1.54) is 16.7 Å². The number of benzene rings is 2. The summed E-state index contributed by atoms with van der Waals surface area (Å²) in [6, 6.07) is 20.6. The van der Waals surface area contributed by atoms with Crippen molar-refractivity contribution in [1.82, 2.24) is 14.8 Å². The Morgan fingerprint density at radius 1 is 0.952 bits per heavy atom. The molecule has 1 radical (unpaired) electrons. The highest BCUT2D eigenvalue weighted by molar-refractivity contribution is 6.55. The molecule has 3 rings (SSSR count). The monoisotopic (exact) mass is 292 g/mol. The standard InChI is InChI=1S/C17H18N3Si/c1-21(14-20-13-18-12-19-20)11-15-7-9-17(10-8-15)16-5-3-2-4-6-16/h2-10,12-13H,11,14H2,1H3. The van der Waals surface area contributed by atoms with Crippen LogP contribution < -0.4 is 0 Å². The summed E-state index contributed by atoms with van der Waals surface area (Å²) >= 11 is 0. The molecule has 1 heterocycles. The minimum atomic E-state index is -0.481. The Morgan fingerprint density at radius 3 is 2.33 bits per heavy atom. The number of hydrogen-bond acceptors (Lipinski definition) is 2. The second kappa shape index (κ2) is 6.50. The molecule has 0 aliphatic rings. The average Bonchev–Trinajstić information content (AvgIpc) is 3.02. The van der Waals surface area contributed by atoms with E-state index in [0.717, 1.165) is 12.2 Å². The molecule has 0 fully saturated rings. The summed E-state index contributed by atoms with van der Waals surface area (Å²) in [4.78, 5) is 4.00. The first kappa shape index (κ1) is 13.8. The molecule has 1 aromatic heterocycles. The molecule has 3 nitrogen and oxygen atoms in total. The summed E-state index contributed by atoms with van der Waals surface area (Å²) in [6.07, 6.45) is 4.40. The van der Waals surface area contributed by atoms with Gasteiger partial charge in [0.25, 0.3) is 0 Å². The van der Waals surface area contributed by atoms with Gasteiger partial charge in [0, 0.05) is 6.17 Å². The number of nitrogens with zero attached hydrogens (tertiary/aromatic N) is 3. The van der Waals surface area contributed by atoms with E-state index in [-0.39, 0.29) is 0 Å². The van der Waals surface area contributed by atoms with Crippen molar-refractivity contribution in [1.29, 1.82) is 0 Å². The SMILES string of the molecule is C[Si](Cc1ccc(-c2ccccc2)cc1)Cn1cncn1. The van der Waals surface area contributed by atoms with Crippen molar-refractivity contribution in [2.24, 2.45) is 0 Å². The molecule has 0 aliphatic heterocycles. The van der Waals surface area contributed by atoms with Crippen LogP contribution >= 0.6 is 0 Å². The van der Waals surface area contributed by atoms with Gasteiger partial charge in [-0.3, -0.25) is 4.68 Å². The zero-order valence-electron chi connectivity index (χ0n) is 12.1. The molecule has 21 heavy (non-hydrogen) atoms. The lowest BCUT2D eigenvalue weighted by molar-refractivity contribution is 0.727. The van der Waals surface area contributed by atoms with Crippen molar-refractivity contribution in [3.8, 4) is 11.1 Å². The first-order valence-corrected chi connectivity index (χ1v) is 9.51. The first-order valence-electron chi connectivity index (χ1n) is 7.09. The fourth-order valence-corrected chi connectivity index (χ4v) is 4.20. The van der Waals surface area contributed by atoms with Crippen LogP contribution in [-0.2, 0) is 12.2 Å². The van der Waals surface area contributed by atoms with E-state index >= 15 is 0 Å². The number of rotatable bonds is 5. The highest BCUT2D eigenvalue weighted by atomic mass is 28.3. The van der Waals surface area contributed by atoms with Crippen LogP contribution in [0.5, 0.6) is 0 Å². The van der Waals surface area contributed by atoms with Gasteiger partial charge in [-0.05, 0) is 17.2 Å². The highest BCUT2D eigenvalue weighted by Gasteiger charge is 2.07. The molecule has 0 spiro atoms. The van der Waals surface area contributed by atoms with Gasteiger partial charge >= 0.3 is 0 Å². The van der Waals surface area contributed by atoms with Gasteiger partial charge in [-0.1, -0.05) is 66.7 Å². The van der Waals surface area contributed by atoms with Crippen molar-refractivity contribution in [2.45, 2.75) is 18.8 Å². The molecular formula is C17H18N3Si. The van der Waals surface area contributed by atoms with Gasteiger partial charge in [-0.25, -0.2) is 4.98 Å². The van der Waals surface area contributed by atoms with Crippen LogP contribution in [0.3, 0.4) is 0 Å². The molecule has 0 saturated heterocycles. The maximum atomic E-state index is 4.18. The van der Waals surface area contributed by atoms with Crippen molar-refractivity contribution in [3.05, 3.63) is 72.8 Å². The predicted molar refractivity (Wildman–Crippen MR) is 87.2 cm³/mol. The summed E-state index contributed by atoms with van der Waals surface area (Å²) in [5.74, 6) is 0. The fraction of sp³-hybridized carbons (Fsp3) is 0.176. The van der Waals surface area contributed by atoms with Crippen LogP contribution in [0.15, 0.2) is 67.3 Å². The van der Waals surface area contributed by atoms with E-state index in [4.69, 9.17) is 0 Å². The minimum Gasteiger partial charge on any atom is -0.256 e. The molecule has 0 unspecified atom stereocenters. The van der Waals surface area contributed by atoms with Gasteiger partial charge in [-0.15, -0.1) is 0 Å². The Labute approximate surface area is 126 Å². The van der Waals surface area contributed by atoms with Gasteiger partial charge in [0.15, 0.2) is 0 Å². The van der Waals surface area contributed by atoms with Crippen molar-refractivity contribution in [2.75, 3.05) is 0 Å². The van der Waals surface area contributed by atoms with E-state index in [1.807, 2.05) is 10.7 Å². The van der Waals surface area contributed by atoms with Crippen molar-refractivity contribution in [3.63, 3.8) is 0 Å². The second-order valence-electron chi connectivity index (χ2n) is 5.29. The molecule has 105 valence electrons. The maximum Gasteiger partial charge on any atom is 0.137 e. The molecule has 0 N–H and O–H groups in total. The largest absolute Gasteiger partial charge is 0.256 e. The smallest absolute Gasteiger partial charge is 0.137 e. The van der Waals surface area contributed by atoms with Crippen LogP contribution in [0.2, 0.25) is 6.55 Å². The lowest BCUT2D eigenvalue weighted by Crippen LogP contribution is -2.21. The molecule has 3 aromatic rings. The Hall–Kier alpha value is -2.20. The van der Waals surface area contributed by atoms with E-state index in [1.54, 1.807) is 12.7 Å². The molecule has 0 aliphatic carbocycles. The van der Waals surface area contributed by atoms with E-state index in [9.17, 15) is 0 Å². The van der Waals surface area contributed by atoms with E-state index in [0.29, 0.717) is 0 Å². The van der Waals surface area contributed by atoms with Gasteiger partial charge in [-0.2, -0.15) is 5.10 Å².